The molecule has 1 aliphatic heterocycles. The molecule has 8 heteroatoms. The molecule has 0 saturated carbocycles. The fourth-order valence-electron chi connectivity index (χ4n) is 4.36. The Kier molecular flexibility index (Phi) is 6.54. The van der Waals surface area contributed by atoms with Gasteiger partial charge in [-0.15, -0.1) is 0 Å². The molecule has 1 amide bonds. The van der Waals surface area contributed by atoms with Gasteiger partial charge in [0.15, 0.2) is 0 Å². The summed E-state index contributed by atoms with van der Waals surface area (Å²) in [5.41, 5.74) is 2.01. The topological polar surface area (TPSA) is 95.2 Å². The highest BCUT2D eigenvalue weighted by Crippen LogP contribution is 2.27. The highest BCUT2D eigenvalue weighted by Gasteiger charge is 2.33. The van der Waals surface area contributed by atoms with Crippen LogP contribution in [0.15, 0.2) is 59.6 Å². The number of aromatic nitrogens is 1. The van der Waals surface area contributed by atoms with E-state index in [1.807, 2.05) is 24.3 Å². The Morgan fingerprint density at radius 1 is 1.15 bits per heavy atom. The van der Waals surface area contributed by atoms with Gasteiger partial charge in [0.05, 0.1) is 10.5 Å². The van der Waals surface area contributed by atoms with Gasteiger partial charge < -0.3 is 9.88 Å². The molecule has 7 nitrogen and oxygen atoms in total. The van der Waals surface area contributed by atoms with Gasteiger partial charge in [-0.05, 0) is 55.2 Å². The van der Waals surface area contributed by atoms with E-state index in [-0.39, 0.29) is 35.4 Å². The van der Waals surface area contributed by atoms with E-state index in [2.05, 4.69) is 36.0 Å². The number of fused-ring (bicyclic) bond motifs is 1. The Balaban J connectivity index is 1.40. The average molecular weight is 465 g/mol. The normalized spacial score (nSPS) is 15.6. The molecule has 4 rings (SSSR count). The Bertz CT molecular complexity index is 1310. The van der Waals surface area contributed by atoms with Crippen molar-refractivity contribution in [3.8, 4) is 6.07 Å². The van der Waals surface area contributed by atoms with E-state index in [0.29, 0.717) is 18.8 Å². The first-order valence-corrected chi connectivity index (χ1v) is 12.6. The van der Waals surface area contributed by atoms with Gasteiger partial charge in [-0.2, -0.15) is 9.57 Å². The zero-order valence-corrected chi connectivity index (χ0v) is 19.7. The number of anilines is 1. The van der Waals surface area contributed by atoms with Crippen LogP contribution < -0.4 is 5.32 Å². The van der Waals surface area contributed by atoms with Crippen LogP contribution in [0.25, 0.3) is 10.9 Å². The molecule has 2 aromatic carbocycles. The lowest BCUT2D eigenvalue weighted by Gasteiger charge is -2.30. The minimum Gasteiger partial charge on any atom is -0.347 e. The van der Waals surface area contributed by atoms with Gasteiger partial charge >= 0.3 is 0 Å². The van der Waals surface area contributed by atoms with Gasteiger partial charge in [0.2, 0.25) is 15.9 Å². The quantitative estimate of drug-likeness (QED) is 0.591. The van der Waals surface area contributed by atoms with Crippen LogP contribution in [0.3, 0.4) is 0 Å². The van der Waals surface area contributed by atoms with Crippen LogP contribution in [0.5, 0.6) is 0 Å². The molecule has 0 radical (unpaired) electrons. The third kappa shape index (κ3) is 4.80. The maximum absolute atomic E-state index is 13.0. The first-order chi connectivity index (χ1) is 15.8. The molecule has 3 aromatic rings. The number of nitrogens with one attached hydrogen (secondary N) is 1. The van der Waals surface area contributed by atoms with Crippen molar-refractivity contribution in [2.24, 2.45) is 11.8 Å². The van der Waals surface area contributed by atoms with Gasteiger partial charge in [0, 0.05) is 48.3 Å². The Morgan fingerprint density at radius 3 is 2.58 bits per heavy atom. The van der Waals surface area contributed by atoms with Crippen molar-refractivity contribution < 1.29 is 13.2 Å². The van der Waals surface area contributed by atoms with Crippen LogP contribution in [0.4, 0.5) is 5.69 Å². The number of nitriles is 1. The predicted molar refractivity (Wildman–Crippen MR) is 128 cm³/mol. The van der Waals surface area contributed by atoms with Crippen molar-refractivity contribution in [3.05, 3.63) is 60.3 Å². The molecule has 0 atom stereocenters. The van der Waals surface area contributed by atoms with Crippen LogP contribution >= 0.6 is 0 Å². The molecule has 2 heterocycles. The highest BCUT2D eigenvalue weighted by molar-refractivity contribution is 7.89. The summed E-state index contributed by atoms with van der Waals surface area (Å²) < 4.78 is 29.6. The second kappa shape index (κ2) is 9.38. The van der Waals surface area contributed by atoms with Gasteiger partial charge in [-0.1, -0.05) is 26.0 Å². The predicted octanol–water partition coefficient (Wildman–Crippen LogP) is 4.21. The molecule has 0 aliphatic carbocycles. The fraction of sp³-hybridized carbons (Fsp3) is 0.360. The molecule has 1 aromatic heterocycles. The summed E-state index contributed by atoms with van der Waals surface area (Å²) in [6, 6.07) is 16.1. The molecule has 1 saturated heterocycles. The smallest absolute Gasteiger partial charge is 0.244 e. The van der Waals surface area contributed by atoms with Crippen molar-refractivity contribution >= 4 is 32.5 Å². The van der Waals surface area contributed by atoms with Crippen LogP contribution in [-0.2, 0) is 21.4 Å². The number of nitrogens with zero attached hydrogens (tertiary/aromatic N) is 3. The lowest BCUT2D eigenvalue weighted by molar-refractivity contribution is -0.120. The lowest BCUT2D eigenvalue weighted by atomic mass is 9.97. The molecule has 172 valence electrons. The third-order valence-electron chi connectivity index (χ3n) is 6.05. The average Bonchev–Trinajstić information content (AvgIpc) is 3.20. The van der Waals surface area contributed by atoms with Gasteiger partial charge in [0.25, 0.3) is 0 Å². The Morgan fingerprint density at radius 2 is 1.88 bits per heavy atom. The van der Waals surface area contributed by atoms with Crippen molar-refractivity contribution in [2.45, 2.75) is 38.1 Å². The molecule has 33 heavy (non-hydrogen) atoms. The van der Waals surface area contributed by atoms with Crippen molar-refractivity contribution in [2.75, 3.05) is 18.4 Å². The van der Waals surface area contributed by atoms with Gasteiger partial charge in [-0.25, -0.2) is 8.42 Å². The summed E-state index contributed by atoms with van der Waals surface area (Å²) in [6.07, 6.45) is 2.94. The molecule has 0 bridgehead atoms. The summed E-state index contributed by atoms with van der Waals surface area (Å²) in [6.45, 7) is 5.79. The van der Waals surface area contributed by atoms with E-state index in [1.165, 1.54) is 16.4 Å². The van der Waals surface area contributed by atoms with Crippen LogP contribution in [-0.4, -0.2) is 36.3 Å². The molecule has 0 spiro atoms. The van der Waals surface area contributed by atoms with Crippen LogP contribution in [0, 0.1) is 23.2 Å². The van der Waals surface area contributed by atoms with E-state index in [0.717, 1.165) is 23.1 Å². The lowest BCUT2D eigenvalue weighted by Crippen LogP contribution is -2.41. The molecule has 1 N–H and O–H groups in total. The molecule has 0 unspecified atom stereocenters. The monoisotopic (exact) mass is 464 g/mol. The van der Waals surface area contributed by atoms with Gasteiger partial charge in [-0.3, -0.25) is 4.79 Å². The first-order valence-electron chi connectivity index (χ1n) is 11.2. The van der Waals surface area contributed by atoms with E-state index in [9.17, 15) is 18.5 Å². The van der Waals surface area contributed by atoms with E-state index < -0.39 is 10.0 Å². The fourth-order valence-corrected chi connectivity index (χ4v) is 5.97. The second-order valence-corrected chi connectivity index (χ2v) is 10.8. The number of hydrogen-bond donors (Lipinski definition) is 1. The molecular formula is C25H28N4O3S. The van der Waals surface area contributed by atoms with Crippen molar-refractivity contribution in [1.29, 1.82) is 5.26 Å². The number of carbonyl (C=O) groups is 1. The number of piperidine rings is 1. The number of amides is 1. The first kappa shape index (κ1) is 23.0. The third-order valence-corrected chi connectivity index (χ3v) is 8.01. The molecule has 1 aliphatic rings. The van der Waals surface area contributed by atoms with Crippen LogP contribution in [0.1, 0.15) is 32.3 Å². The summed E-state index contributed by atoms with van der Waals surface area (Å²) in [4.78, 5) is 12.9. The molecular weight excluding hydrogens is 436 g/mol. The highest BCUT2D eigenvalue weighted by atomic mass is 32.2. The summed E-state index contributed by atoms with van der Waals surface area (Å²) >= 11 is 0. The largest absolute Gasteiger partial charge is 0.347 e. The minimum absolute atomic E-state index is 0.0214. The maximum Gasteiger partial charge on any atom is 0.244 e. The number of carbonyl (C=O) groups excluding carboxylic acids is 1. The van der Waals surface area contributed by atoms with E-state index >= 15 is 0 Å². The second-order valence-electron chi connectivity index (χ2n) is 8.91. The maximum atomic E-state index is 13.0. The number of benzene rings is 2. The summed E-state index contributed by atoms with van der Waals surface area (Å²) in [5.74, 6) is 0.192. The Labute approximate surface area is 194 Å². The minimum atomic E-state index is -3.77. The SMILES string of the molecule is CC(C)Cn1ccc2cc(NC(=O)C3CCN(S(=O)(=O)c4ccccc4C#N)CC3)ccc21. The summed E-state index contributed by atoms with van der Waals surface area (Å²) in [5, 5.41) is 13.3. The van der Waals surface area contributed by atoms with E-state index in [1.54, 1.807) is 12.1 Å². The number of sulfonamides is 1. The number of rotatable bonds is 6. The van der Waals surface area contributed by atoms with Gasteiger partial charge in [0.1, 0.15) is 6.07 Å². The Hall–Kier alpha value is -3.15. The van der Waals surface area contributed by atoms with Crippen molar-refractivity contribution in [3.63, 3.8) is 0 Å². The zero-order chi connectivity index (χ0) is 23.6. The van der Waals surface area contributed by atoms with Crippen molar-refractivity contribution in [1.82, 2.24) is 8.87 Å². The zero-order valence-electron chi connectivity index (χ0n) is 18.9. The standard InChI is InChI=1S/C25H28N4O3S/c1-18(2)17-28-12-9-20-15-22(7-8-23(20)28)27-25(30)19-10-13-29(14-11-19)33(31,32)24-6-4-3-5-21(24)16-26/h3-9,12,15,18-19H,10-11,13-14,17H2,1-2H3,(H,27,30). The number of hydrogen-bond acceptors (Lipinski definition) is 4. The summed E-state index contributed by atoms with van der Waals surface area (Å²) in [7, 11) is -3.77. The van der Waals surface area contributed by atoms with E-state index in [4.69, 9.17) is 0 Å². The molecule has 1 fully saturated rings. The van der Waals surface area contributed by atoms with Crippen LogP contribution in [0.2, 0.25) is 0 Å².